The normalized spacial score (nSPS) is 16.5. The molecule has 0 bridgehead atoms. The zero-order valence-electron chi connectivity index (χ0n) is 10.1. The number of nitrogens with two attached hydrogens (primary N) is 1. The summed E-state index contributed by atoms with van der Waals surface area (Å²) in [6.07, 6.45) is 3.79. The van der Waals surface area contributed by atoms with Crippen molar-refractivity contribution in [3.8, 4) is 0 Å². The van der Waals surface area contributed by atoms with E-state index in [9.17, 15) is 0 Å². The maximum absolute atomic E-state index is 5.51. The van der Waals surface area contributed by atoms with E-state index in [1.165, 1.54) is 11.3 Å². The van der Waals surface area contributed by atoms with Gasteiger partial charge in [0.05, 0.1) is 0 Å². The molecule has 0 aliphatic carbocycles. The fourth-order valence-electron chi connectivity index (χ4n) is 2.07. The molecule has 2 heterocycles. The van der Waals surface area contributed by atoms with Gasteiger partial charge in [-0.15, -0.1) is 0 Å². The molecule has 16 heavy (non-hydrogen) atoms. The fourth-order valence-corrected chi connectivity index (χ4v) is 2.07. The molecule has 1 aromatic rings. The van der Waals surface area contributed by atoms with Crippen molar-refractivity contribution >= 4 is 0 Å². The van der Waals surface area contributed by atoms with E-state index in [2.05, 4.69) is 28.7 Å². The summed E-state index contributed by atoms with van der Waals surface area (Å²) in [6.45, 7) is 7.17. The summed E-state index contributed by atoms with van der Waals surface area (Å²) >= 11 is 0. The van der Waals surface area contributed by atoms with Crippen LogP contribution in [0.2, 0.25) is 0 Å². The molecule has 2 N–H and O–H groups in total. The highest BCUT2D eigenvalue weighted by Gasteiger charge is 2.19. The number of nitrogens with zero attached hydrogens (tertiary/aromatic N) is 3. The second-order valence-corrected chi connectivity index (χ2v) is 4.61. The molecule has 1 aromatic heterocycles. The van der Waals surface area contributed by atoms with Gasteiger partial charge in [0.2, 0.25) is 0 Å². The van der Waals surface area contributed by atoms with Crippen molar-refractivity contribution in [3.63, 3.8) is 0 Å². The van der Waals surface area contributed by atoms with Gasteiger partial charge in [-0.05, 0) is 20.4 Å². The van der Waals surface area contributed by atoms with Crippen LogP contribution in [-0.2, 0) is 19.4 Å². The SMILES string of the molecule is CC(C)N1CCc2nc(CCN)ncc2C1. The van der Waals surface area contributed by atoms with Crippen molar-refractivity contribution in [1.82, 2.24) is 14.9 Å². The van der Waals surface area contributed by atoms with Gasteiger partial charge in [-0.1, -0.05) is 0 Å². The quantitative estimate of drug-likeness (QED) is 0.816. The molecule has 1 aliphatic heterocycles. The first-order valence-corrected chi connectivity index (χ1v) is 5.98. The number of rotatable bonds is 3. The van der Waals surface area contributed by atoms with Gasteiger partial charge >= 0.3 is 0 Å². The lowest BCUT2D eigenvalue weighted by atomic mass is 10.1. The molecule has 4 heteroatoms. The molecule has 1 aliphatic rings. The standard InChI is InChI=1S/C12H20N4/c1-9(2)16-6-4-11-10(8-16)7-14-12(15-11)3-5-13/h7,9H,3-6,8,13H2,1-2H3. The van der Waals surface area contributed by atoms with Crippen LogP contribution in [0.5, 0.6) is 0 Å². The third kappa shape index (κ3) is 2.39. The maximum atomic E-state index is 5.51. The predicted molar refractivity (Wildman–Crippen MR) is 64.0 cm³/mol. The van der Waals surface area contributed by atoms with Crippen molar-refractivity contribution < 1.29 is 0 Å². The highest BCUT2D eigenvalue weighted by Crippen LogP contribution is 2.18. The largest absolute Gasteiger partial charge is 0.330 e. The summed E-state index contributed by atoms with van der Waals surface area (Å²) in [6, 6.07) is 0.594. The van der Waals surface area contributed by atoms with Gasteiger partial charge in [-0.3, -0.25) is 4.90 Å². The van der Waals surface area contributed by atoms with E-state index in [1.807, 2.05) is 6.20 Å². The molecule has 0 aromatic carbocycles. The van der Waals surface area contributed by atoms with Crippen LogP contribution in [0, 0.1) is 0 Å². The highest BCUT2D eigenvalue weighted by atomic mass is 15.2. The third-order valence-corrected chi connectivity index (χ3v) is 3.11. The Bertz CT molecular complexity index is 362. The molecule has 0 radical (unpaired) electrons. The lowest BCUT2D eigenvalue weighted by Gasteiger charge is -2.31. The van der Waals surface area contributed by atoms with Crippen LogP contribution in [0.3, 0.4) is 0 Å². The smallest absolute Gasteiger partial charge is 0.129 e. The van der Waals surface area contributed by atoms with Crippen molar-refractivity contribution in [2.45, 2.75) is 39.3 Å². The maximum Gasteiger partial charge on any atom is 0.129 e. The third-order valence-electron chi connectivity index (χ3n) is 3.11. The summed E-state index contributed by atoms with van der Waals surface area (Å²) in [5, 5.41) is 0. The second-order valence-electron chi connectivity index (χ2n) is 4.61. The van der Waals surface area contributed by atoms with Crippen LogP contribution in [-0.4, -0.2) is 34.0 Å². The van der Waals surface area contributed by atoms with E-state index >= 15 is 0 Å². The molecule has 0 saturated heterocycles. The fraction of sp³-hybridized carbons (Fsp3) is 0.667. The molecule has 0 fully saturated rings. The first-order chi connectivity index (χ1) is 7.70. The Balaban J connectivity index is 2.15. The molecule has 0 atom stereocenters. The number of hydrogen-bond acceptors (Lipinski definition) is 4. The van der Waals surface area contributed by atoms with Crippen LogP contribution < -0.4 is 5.73 Å². The van der Waals surface area contributed by atoms with Gasteiger partial charge in [-0.25, -0.2) is 9.97 Å². The van der Waals surface area contributed by atoms with E-state index in [-0.39, 0.29) is 0 Å². The Morgan fingerprint density at radius 3 is 3.00 bits per heavy atom. The van der Waals surface area contributed by atoms with E-state index < -0.39 is 0 Å². The summed E-state index contributed by atoms with van der Waals surface area (Å²) in [5.41, 5.74) is 8.01. The Hall–Kier alpha value is -1.00. The van der Waals surface area contributed by atoms with Gasteiger partial charge in [-0.2, -0.15) is 0 Å². The van der Waals surface area contributed by atoms with Crippen molar-refractivity contribution in [1.29, 1.82) is 0 Å². The van der Waals surface area contributed by atoms with Gasteiger partial charge in [0.15, 0.2) is 0 Å². The van der Waals surface area contributed by atoms with Gasteiger partial charge in [0.25, 0.3) is 0 Å². The monoisotopic (exact) mass is 220 g/mol. The van der Waals surface area contributed by atoms with Crippen molar-refractivity contribution in [3.05, 3.63) is 23.3 Å². The summed E-state index contributed by atoms with van der Waals surface area (Å²) in [4.78, 5) is 11.4. The Labute approximate surface area is 96.9 Å². The van der Waals surface area contributed by atoms with Gasteiger partial charge in [0.1, 0.15) is 5.82 Å². The number of fused-ring (bicyclic) bond motifs is 1. The number of aromatic nitrogens is 2. The average Bonchev–Trinajstić information content (AvgIpc) is 2.28. The topological polar surface area (TPSA) is 55.0 Å². The highest BCUT2D eigenvalue weighted by molar-refractivity contribution is 5.20. The lowest BCUT2D eigenvalue weighted by Crippen LogP contribution is -2.36. The first-order valence-electron chi connectivity index (χ1n) is 5.98. The zero-order chi connectivity index (χ0) is 11.5. The molecule has 88 valence electrons. The van der Waals surface area contributed by atoms with E-state index in [0.29, 0.717) is 12.6 Å². The van der Waals surface area contributed by atoms with Gasteiger partial charge < -0.3 is 5.73 Å². The zero-order valence-corrected chi connectivity index (χ0v) is 10.1. The van der Waals surface area contributed by atoms with E-state index in [0.717, 1.165) is 31.8 Å². The molecule has 0 amide bonds. The summed E-state index contributed by atoms with van der Waals surface area (Å²) in [7, 11) is 0. The second kappa shape index (κ2) is 4.89. The number of hydrogen-bond donors (Lipinski definition) is 1. The Kier molecular flexibility index (Phi) is 3.51. The average molecular weight is 220 g/mol. The molecular formula is C12H20N4. The molecule has 0 saturated carbocycles. The molecule has 4 nitrogen and oxygen atoms in total. The van der Waals surface area contributed by atoms with Crippen LogP contribution >= 0.6 is 0 Å². The Morgan fingerprint density at radius 2 is 2.31 bits per heavy atom. The molecule has 0 unspecified atom stereocenters. The molecule has 0 spiro atoms. The summed E-state index contributed by atoms with van der Waals surface area (Å²) < 4.78 is 0. The minimum absolute atomic E-state index is 0.594. The minimum atomic E-state index is 0.594. The van der Waals surface area contributed by atoms with Crippen molar-refractivity contribution in [2.75, 3.05) is 13.1 Å². The van der Waals surface area contributed by atoms with Gasteiger partial charge in [0, 0.05) is 49.4 Å². The minimum Gasteiger partial charge on any atom is -0.330 e. The van der Waals surface area contributed by atoms with Crippen LogP contribution in [0.15, 0.2) is 6.20 Å². The van der Waals surface area contributed by atoms with Crippen LogP contribution in [0.1, 0.15) is 30.9 Å². The van der Waals surface area contributed by atoms with Crippen molar-refractivity contribution in [2.24, 2.45) is 5.73 Å². The van der Waals surface area contributed by atoms with E-state index in [1.54, 1.807) is 0 Å². The molecule has 2 rings (SSSR count). The van der Waals surface area contributed by atoms with E-state index in [4.69, 9.17) is 5.73 Å². The lowest BCUT2D eigenvalue weighted by molar-refractivity contribution is 0.201. The molecular weight excluding hydrogens is 200 g/mol. The summed E-state index contributed by atoms with van der Waals surface area (Å²) in [5.74, 6) is 0.888. The Morgan fingerprint density at radius 1 is 1.50 bits per heavy atom. The van der Waals surface area contributed by atoms with Crippen LogP contribution in [0.25, 0.3) is 0 Å². The van der Waals surface area contributed by atoms with Crippen LogP contribution in [0.4, 0.5) is 0 Å². The predicted octanol–water partition coefficient (Wildman–Crippen LogP) is 0.744. The first kappa shape index (κ1) is 11.5.